The standard InChI is InChI=1S/C26H56NO2PS2/c1-3-4-5-6-7-8-9-10-11-12-13-14-15-19-22-32(30(28,29)31)24(2)26(23-27)25-20-17-16-18-21-25/h24-26,28-29,31H,3-23,27H2,1-2H3. The minimum atomic E-state index is -3.12. The van der Waals surface area contributed by atoms with E-state index in [0.717, 1.165) is 12.2 Å². The summed E-state index contributed by atoms with van der Waals surface area (Å²) in [6.07, 6.45) is 25.4. The van der Waals surface area contributed by atoms with Crippen molar-refractivity contribution >= 4 is 28.0 Å². The molecule has 1 fully saturated rings. The van der Waals surface area contributed by atoms with Gasteiger partial charge in [0.1, 0.15) is 0 Å². The number of hydrogen-bond acceptors (Lipinski definition) is 1. The number of nitrogens with two attached hydrogens (primary N) is 1. The van der Waals surface area contributed by atoms with E-state index >= 15 is 0 Å². The Kier molecular flexibility index (Phi) is 18.7. The van der Waals surface area contributed by atoms with Gasteiger partial charge in [-0.15, -0.1) is 10.1 Å². The third kappa shape index (κ3) is 13.8. The van der Waals surface area contributed by atoms with E-state index in [2.05, 4.69) is 26.1 Å². The van der Waals surface area contributed by atoms with Crippen LogP contribution < -0.4 is 5.73 Å². The molecule has 0 aromatic rings. The Morgan fingerprint density at radius 2 is 1.25 bits per heavy atom. The van der Waals surface area contributed by atoms with Gasteiger partial charge >= 0.3 is 0 Å². The molecule has 3 atom stereocenters. The molecule has 0 aromatic carbocycles. The molecule has 194 valence electrons. The minimum absolute atomic E-state index is 0.269. The van der Waals surface area contributed by atoms with Crippen molar-refractivity contribution in [3.05, 3.63) is 0 Å². The van der Waals surface area contributed by atoms with Crippen LogP contribution in [0.25, 0.3) is 0 Å². The van der Waals surface area contributed by atoms with Crippen LogP contribution in [-0.4, -0.2) is 27.3 Å². The maximum Gasteiger partial charge on any atom is 0.199 e. The summed E-state index contributed by atoms with van der Waals surface area (Å²) in [6.45, 7) is 5.17. The van der Waals surface area contributed by atoms with Crippen molar-refractivity contribution in [2.45, 2.75) is 141 Å². The second kappa shape index (κ2) is 19.2. The first-order valence-electron chi connectivity index (χ1n) is 13.9. The fourth-order valence-electron chi connectivity index (χ4n) is 5.51. The van der Waals surface area contributed by atoms with Crippen LogP contribution in [0.2, 0.25) is 0 Å². The zero-order chi connectivity index (χ0) is 23.7. The molecule has 32 heavy (non-hydrogen) atoms. The molecule has 3 unspecified atom stereocenters. The summed E-state index contributed by atoms with van der Waals surface area (Å²) in [5.74, 6) is 1.98. The lowest BCUT2D eigenvalue weighted by molar-refractivity contribution is 0.251. The first kappa shape index (κ1) is 31.0. The number of rotatable bonds is 19. The zero-order valence-electron chi connectivity index (χ0n) is 21.4. The molecule has 1 rings (SSSR count). The minimum Gasteiger partial charge on any atom is -0.341 e. The van der Waals surface area contributed by atoms with Crippen molar-refractivity contribution in [3.8, 4) is 0 Å². The highest BCUT2D eigenvalue weighted by Crippen LogP contribution is 2.50. The third-order valence-electron chi connectivity index (χ3n) is 7.58. The lowest BCUT2D eigenvalue weighted by Gasteiger charge is -2.36. The molecular weight excluding hydrogens is 453 g/mol. The Morgan fingerprint density at radius 3 is 1.66 bits per heavy atom. The second-order valence-corrected chi connectivity index (χ2v) is 18.6. The molecular formula is C26H56NO2PS2. The largest absolute Gasteiger partial charge is 0.341 e. The van der Waals surface area contributed by atoms with Crippen molar-refractivity contribution in [1.82, 2.24) is 0 Å². The summed E-state index contributed by atoms with van der Waals surface area (Å²) in [6, 6.07) is 0. The van der Waals surface area contributed by atoms with E-state index in [1.807, 2.05) is 0 Å². The van der Waals surface area contributed by atoms with Crippen molar-refractivity contribution in [3.63, 3.8) is 0 Å². The lowest BCUT2D eigenvalue weighted by Crippen LogP contribution is -2.37. The normalized spacial score (nSPS) is 18.6. The van der Waals surface area contributed by atoms with Gasteiger partial charge in [-0.3, -0.25) is 0 Å². The quantitative estimate of drug-likeness (QED) is 0.0805. The molecule has 6 heteroatoms. The molecule has 3 nitrogen and oxygen atoms in total. The van der Waals surface area contributed by atoms with Crippen LogP contribution in [0, 0.1) is 11.8 Å². The summed E-state index contributed by atoms with van der Waals surface area (Å²) in [4.78, 5) is 21.0. The fourth-order valence-corrected chi connectivity index (χ4v) is 12.8. The van der Waals surface area contributed by atoms with Crippen LogP contribution in [-0.2, 0) is 10.1 Å². The maximum atomic E-state index is 10.5. The van der Waals surface area contributed by atoms with Crippen LogP contribution in [0.1, 0.15) is 136 Å². The predicted molar refractivity (Wildman–Crippen MR) is 151 cm³/mol. The first-order chi connectivity index (χ1) is 15.4. The van der Waals surface area contributed by atoms with E-state index in [1.165, 1.54) is 116 Å². The van der Waals surface area contributed by atoms with Gasteiger partial charge < -0.3 is 15.5 Å². The molecule has 4 N–H and O–H groups in total. The van der Waals surface area contributed by atoms with E-state index in [0.29, 0.717) is 18.4 Å². The van der Waals surface area contributed by atoms with E-state index in [1.54, 1.807) is 0 Å². The predicted octanol–water partition coefficient (Wildman–Crippen LogP) is 8.22. The van der Waals surface area contributed by atoms with Gasteiger partial charge in [-0.1, -0.05) is 142 Å². The average Bonchev–Trinajstić information content (AvgIpc) is 2.76. The van der Waals surface area contributed by atoms with Crippen LogP contribution in [0.15, 0.2) is 0 Å². The van der Waals surface area contributed by atoms with Crippen molar-refractivity contribution < 1.29 is 9.79 Å². The maximum absolute atomic E-state index is 10.5. The zero-order valence-corrected chi connectivity index (χ0v) is 24.0. The van der Waals surface area contributed by atoms with E-state index in [9.17, 15) is 9.79 Å². The molecule has 0 amide bonds. The van der Waals surface area contributed by atoms with Gasteiger partial charge in [0, 0.05) is 5.25 Å². The fraction of sp³-hybridized carbons (Fsp3) is 1.00. The Labute approximate surface area is 208 Å². The van der Waals surface area contributed by atoms with Crippen LogP contribution >= 0.6 is 17.9 Å². The topological polar surface area (TPSA) is 66.5 Å². The smallest absolute Gasteiger partial charge is 0.199 e. The van der Waals surface area contributed by atoms with Gasteiger partial charge in [-0.25, -0.2) is 0 Å². The average molecular weight is 510 g/mol. The van der Waals surface area contributed by atoms with Gasteiger partial charge in [-0.05, 0) is 30.6 Å². The third-order valence-corrected chi connectivity index (χ3v) is 15.4. The van der Waals surface area contributed by atoms with Gasteiger partial charge in [0.05, 0.1) is 0 Å². The SMILES string of the molecule is CCCCCCCCCCCCCCCCS(C(C)C(CN)C1CCCCC1)=P(O)(O)S. The summed E-state index contributed by atoms with van der Waals surface area (Å²) in [5, 5.41) is 0.269. The first-order valence-corrected chi connectivity index (χ1v) is 18.8. The van der Waals surface area contributed by atoms with Crippen LogP contribution in [0.4, 0.5) is 0 Å². The van der Waals surface area contributed by atoms with E-state index in [4.69, 9.17) is 5.73 Å². The Hall–Kier alpha value is 1.01. The van der Waals surface area contributed by atoms with E-state index in [-0.39, 0.29) is 5.25 Å². The van der Waals surface area contributed by atoms with Crippen molar-refractivity contribution in [1.29, 1.82) is 0 Å². The highest BCUT2D eigenvalue weighted by Gasteiger charge is 2.31. The summed E-state index contributed by atoms with van der Waals surface area (Å²) < 4.78 is 0. The number of thiol groups is 1. The van der Waals surface area contributed by atoms with Crippen molar-refractivity contribution in [2.24, 2.45) is 17.6 Å². The molecule has 0 spiro atoms. The van der Waals surface area contributed by atoms with Gasteiger partial charge in [0.15, 0.2) is 5.69 Å². The Morgan fingerprint density at radius 1 is 0.812 bits per heavy atom. The molecule has 0 aromatic heterocycles. The second-order valence-electron chi connectivity index (χ2n) is 10.2. The summed E-state index contributed by atoms with van der Waals surface area (Å²) in [7, 11) is -0.428. The van der Waals surface area contributed by atoms with Crippen LogP contribution in [0.3, 0.4) is 0 Å². The van der Waals surface area contributed by atoms with Gasteiger partial charge in [-0.2, -0.15) is 0 Å². The molecule has 0 heterocycles. The van der Waals surface area contributed by atoms with Crippen molar-refractivity contribution in [2.75, 3.05) is 12.3 Å². The molecule has 1 aliphatic carbocycles. The summed E-state index contributed by atoms with van der Waals surface area (Å²) >= 11 is 4.30. The molecule has 1 saturated carbocycles. The number of hydrogen-bond donors (Lipinski definition) is 4. The highest BCUT2D eigenvalue weighted by molar-refractivity contribution is 8.65. The monoisotopic (exact) mass is 509 g/mol. The molecule has 1 aliphatic rings. The van der Waals surface area contributed by atoms with Crippen LogP contribution in [0.5, 0.6) is 0 Å². The van der Waals surface area contributed by atoms with E-state index < -0.39 is 15.8 Å². The molecule has 0 saturated heterocycles. The molecule has 0 aliphatic heterocycles. The van der Waals surface area contributed by atoms with Gasteiger partial charge in [0.25, 0.3) is 0 Å². The van der Waals surface area contributed by atoms with Gasteiger partial charge in [0.2, 0.25) is 0 Å². The Balaban J connectivity index is 2.21. The lowest BCUT2D eigenvalue weighted by atomic mass is 9.78. The Bertz CT molecular complexity index is 498. The highest BCUT2D eigenvalue weighted by atomic mass is 32.9. The number of unbranched alkanes of at least 4 members (excludes halogenated alkanes) is 13. The molecule has 0 radical (unpaired) electrons. The summed E-state index contributed by atoms with van der Waals surface area (Å²) in [5.41, 5.74) is 3.07. The molecule has 0 bridgehead atoms.